The summed E-state index contributed by atoms with van der Waals surface area (Å²) >= 11 is 0. The van der Waals surface area contributed by atoms with E-state index in [2.05, 4.69) is 4.90 Å². The molecule has 0 radical (unpaired) electrons. The maximum Gasteiger partial charge on any atom is 0.341 e. The van der Waals surface area contributed by atoms with Gasteiger partial charge >= 0.3 is 5.97 Å². The molecule has 2 heterocycles. The first-order chi connectivity index (χ1) is 15.9. The fourth-order valence-electron chi connectivity index (χ4n) is 4.26. The Kier molecular flexibility index (Phi) is 6.96. The topological polar surface area (TPSA) is 103 Å². The van der Waals surface area contributed by atoms with Crippen molar-refractivity contribution in [3.05, 3.63) is 65.9 Å². The zero-order chi connectivity index (χ0) is 23.4. The van der Waals surface area contributed by atoms with Gasteiger partial charge in [-0.2, -0.15) is 0 Å². The summed E-state index contributed by atoms with van der Waals surface area (Å²) in [7, 11) is 1.77. The summed E-state index contributed by atoms with van der Waals surface area (Å²) in [6.07, 6.45) is 2.16. The Morgan fingerprint density at radius 3 is 2.82 bits per heavy atom. The van der Waals surface area contributed by atoms with Gasteiger partial charge in [0.05, 0.1) is 24.8 Å². The second kappa shape index (κ2) is 10.1. The highest BCUT2D eigenvalue weighted by atomic mass is 16.5. The lowest BCUT2D eigenvalue weighted by Crippen LogP contribution is -2.39. The van der Waals surface area contributed by atoms with Crippen molar-refractivity contribution in [3.8, 4) is 5.75 Å². The molecule has 3 aromatic rings. The number of carboxylic acids is 1. The third kappa shape index (κ3) is 5.53. The number of carboxylic acid groups (broad SMARTS) is 1. The zero-order valence-corrected chi connectivity index (χ0v) is 18.5. The largest absolute Gasteiger partial charge is 0.482 e. The standard InChI is InChI=1S/C25H28N2O6/c1-26(24(29)12-18-15-33-23-8-3-2-7-21(18)23)22(14-27-10-9-19(28)13-27)17-5-4-6-20(11-17)32-16-25(30)31/h2-8,11,15,19,22,28H,9-10,12-14,16H2,1H3,(H,30,31). The minimum atomic E-state index is -1.05. The number of amides is 1. The fourth-order valence-corrected chi connectivity index (χ4v) is 4.26. The normalized spacial score (nSPS) is 17.2. The lowest BCUT2D eigenvalue weighted by molar-refractivity contribution is -0.139. The van der Waals surface area contributed by atoms with E-state index in [1.165, 1.54) is 0 Å². The molecule has 2 unspecified atom stereocenters. The Morgan fingerprint density at radius 1 is 1.24 bits per heavy atom. The molecule has 1 fully saturated rings. The molecule has 8 nitrogen and oxygen atoms in total. The number of β-amino-alcohol motifs (C(OH)–C–C–N with tert-alkyl or cyclic N) is 1. The van der Waals surface area contributed by atoms with Crippen molar-refractivity contribution >= 4 is 22.8 Å². The molecule has 1 aromatic heterocycles. The van der Waals surface area contributed by atoms with Crippen molar-refractivity contribution in [3.63, 3.8) is 0 Å². The highest BCUT2D eigenvalue weighted by Gasteiger charge is 2.29. The summed E-state index contributed by atoms with van der Waals surface area (Å²) in [5.74, 6) is -0.686. The number of likely N-dealkylation sites (tertiary alicyclic amines) is 1. The lowest BCUT2D eigenvalue weighted by atomic mass is 10.0. The van der Waals surface area contributed by atoms with Crippen LogP contribution < -0.4 is 4.74 Å². The van der Waals surface area contributed by atoms with Crippen molar-refractivity contribution in [2.45, 2.75) is 25.0 Å². The van der Waals surface area contributed by atoms with Gasteiger partial charge in [-0.05, 0) is 30.2 Å². The Hall–Kier alpha value is -3.36. The Labute approximate surface area is 192 Å². The molecule has 1 saturated heterocycles. The highest BCUT2D eigenvalue weighted by Crippen LogP contribution is 2.28. The van der Waals surface area contributed by atoms with Crippen LogP contribution in [0.1, 0.15) is 23.6 Å². The minimum absolute atomic E-state index is 0.0665. The summed E-state index contributed by atoms with van der Waals surface area (Å²) in [6.45, 7) is 1.42. The summed E-state index contributed by atoms with van der Waals surface area (Å²) in [5, 5.41) is 19.8. The van der Waals surface area contributed by atoms with E-state index >= 15 is 0 Å². The number of aliphatic carboxylic acids is 1. The number of benzene rings is 2. The second-order valence-corrected chi connectivity index (χ2v) is 8.41. The molecule has 0 aliphatic carbocycles. The summed E-state index contributed by atoms with van der Waals surface area (Å²) < 4.78 is 10.9. The van der Waals surface area contributed by atoms with Crippen molar-refractivity contribution in [2.24, 2.45) is 0 Å². The van der Waals surface area contributed by atoms with Crippen LogP contribution in [0.4, 0.5) is 0 Å². The van der Waals surface area contributed by atoms with E-state index < -0.39 is 12.6 Å². The molecule has 0 spiro atoms. The number of hydrogen-bond acceptors (Lipinski definition) is 6. The van der Waals surface area contributed by atoms with E-state index in [4.69, 9.17) is 14.3 Å². The van der Waals surface area contributed by atoms with Gasteiger partial charge in [0.2, 0.25) is 5.91 Å². The van der Waals surface area contributed by atoms with Crippen LogP contribution in [-0.2, 0) is 16.0 Å². The molecule has 8 heteroatoms. The molecule has 4 rings (SSSR count). The summed E-state index contributed by atoms with van der Waals surface area (Å²) in [5.41, 5.74) is 2.41. The SMILES string of the molecule is CN(C(=O)Cc1coc2ccccc12)C(CN1CCC(O)C1)c1cccc(OCC(=O)O)c1. The average Bonchev–Trinajstić information content (AvgIpc) is 3.41. The van der Waals surface area contributed by atoms with Gasteiger partial charge in [-0.1, -0.05) is 30.3 Å². The fraction of sp³-hybridized carbons (Fsp3) is 0.360. The molecule has 1 aliphatic rings. The van der Waals surface area contributed by atoms with E-state index in [0.717, 1.165) is 28.6 Å². The molecule has 0 bridgehead atoms. The number of rotatable bonds is 9. The molecule has 33 heavy (non-hydrogen) atoms. The minimum Gasteiger partial charge on any atom is -0.482 e. The lowest BCUT2D eigenvalue weighted by Gasteiger charge is -2.32. The smallest absolute Gasteiger partial charge is 0.341 e. The van der Waals surface area contributed by atoms with E-state index in [-0.39, 0.29) is 24.5 Å². The van der Waals surface area contributed by atoms with Crippen LogP contribution in [-0.4, -0.2) is 71.3 Å². The third-order valence-corrected chi connectivity index (χ3v) is 6.05. The van der Waals surface area contributed by atoms with Gasteiger partial charge < -0.3 is 24.3 Å². The number of likely N-dealkylation sites (N-methyl/N-ethyl adjacent to an activating group) is 1. The molecule has 1 aliphatic heterocycles. The van der Waals surface area contributed by atoms with Gasteiger partial charge in [0.25, 0.3) is 0 Å². The number of furan rings is 1. The summed E-state index contributed by atoms with van der Waals surface area (Å²) in [6, 6.07) is 14.5. The van der Waals surface area contributed by atoms with Crippen molar-refractivity contribution < 1.29 is 29.0 Å². The number of para-hydroxylation sites is 1. The molecule has 2 N–H and O–H groups in total. The first kappa shape index (κ1) is 22.8. The zero-order valence-electron chi connectivity index (χ0n) is 18.5. The van der Waals surface area contributed by atoms with Gasteiger partial charge in [-0.15, -0.1) is 0 Å². The first-order valence-corrected chi connectivity index (χ1v) is 11.0. The maximum atomic E-state index is 13.3. The molecule has 0 saturated carbocycles. The number of hydrogen-bond donors (Lipinski definition) is 2. The van der Waals surface area contributed by atoms with Crippen LogP contribution in [0.5, 0.6) is 5.75 Å². The molecule has 174 valence electrons. The van der Waals surface area contributed by atoms with Crippen molar-refractivity contribution in [2.75, 3.05) is 33.3 Å². The Morgan fingerprint density at radius 2 is 2.06 bits per heavy atom. The van der Waals surface area contributed by atoms with Crippen LogP contribution in [0.2, 0.25) is 0 Å². The van der Waals surface area contributed by atoms with Gasteiger partial charge in [-0.3, -0.25) is 9.69 Å². The monoisotopic (exact) mass is 452 g/mol. The molecule has 2 atom stereocenters. The van der Waals surface area contributed by atoms with Gasteiger partial charge in [0.1, 0.15) is 11.3 Å². The first-order valence-electron chi connectivity index (χ1n) is 11.0. The van der Waals surface area contributed by atoms with Crippen LogP contribution in [0.3, 0.4) is 0 Å². The summed E-state index contributed by atoms with van der Waals surface area (Å²) in [4.78, 5) is 28.0. The van der Waals surface area contributed by atoms with Crippen molar-refractivity contribution in [1.29, 1.82) is 0 Å². The number of carbonyl (C=O) groups excluding carboxylic acids is 1. The number of aliphatic hydroxyl groups excluding tert-OH is 1. The molecule has 1 amide bonds. The van der Waals surface area contributed by atoms with Crippen LogP contribution in [0.15, 0.2) is 59.2 Å². The van der Waals surface area contributed by atoms with E-state index in [9.17, 15) is 14.7 Å². The van der Waals surface area contributed by atoms with Crippen LogP contribution in [0.25, 0.3) is 11.0 Å². The van der Waals surface area contributed by atoms with Crippen LogP contribution in [0, 0.1) is 0 Å². The highest BCUT2D eigenvalue weighted by molar-refractivity contribution is 5.87. The van der Waals surface area contributed by atoms with Gasteiger partial charge in [0.15, 0.2) is 6.61 Å². The predicted octanol–water partition coefficient (Wildman–Crippen LogP) is 2.71. The number of aliphatic hydroxyl groups is 1. The Balaban J connectivity index is 1.56. The van der Waals surface area contributed by atoms with Crippen LogP contribution >= 0.6 is 0 Å². The number of carbonyl (C=O) groups is 2. The second-order valence-electron chi connectivity index (χ2n) is 8.41. The van der Waals surface area contributed by atoms with Gasteiger partial charge in [-0.25, -0.2) is 4.79 Å². The third-order valence-electron chi connectivity index (χ3n) is 6.05. The molecular weight excluding hydrogens is 424 g/mol. The Bertz CT molecular complexity index is 1130. The van der Waals surface area contributed by atoms with E-state index in [0.29, 0.717) is 25.3 Å². The number of ether oxygens (including phenoxy) is 1. The molecular formula is C25H28N2O6. The molecule has 2 aromatic carbocycles. The van der Waals surface area contributed by atoms with Crippen molar-refractivity contribution in [1.82, 2.24) is 9.80 Å². The van der Waals surface area contributed by atoms with E-state index in [1.807, 2.05) is 30.3 Å². The van der Waals surface area contributed by atoms with Gasteiger partial charge in [0, 0.05) is 37.6 Å². The number of fused-ring (bicyclic) bond motifs is 1. The maximum absolute atomic E-state index is 13.3. The quantitative estimate of drug-likeness (QED) is 0.514. The van der Waals surface area contributed by atoms with E-state index in [1.54, 1.807) is 36.4 Å². The average molecular weight is 453 g/mol. The number of nitrogens with zero attached hydrogens (tertiary/aromatic N) is 2. The predicted molar refractivity (Wildman–Crippen MR) is 122 cm³/mol.